The zero-order valence-electron chi connectivity index (χ0n) is 15.2. The Hall–Kier alpha value is -0.780. The van der Waals surface area contributed by atoms with Gasteiger partial charge in [0, 0.05) is 5.92 Å². The molecule has 1 radical (unpaired) electrons. The molecule has 1 aliphatic rings. The Morgan fingerprint density at radius 2 is 1.14 bits per heavy atom. The molecule has 21 heavy (non-hydrogen) atoms. The normalized spacial score (nSPS) is 18.0. The van der Waals surface area contributed by atoms with Gasteiger partial charge in [-0.3, -0.25) is 0 Å². The van der Waals surface area contributed by atoms with Crippen molar-refractivity contribution in [1.29, 1.82) is 0 Å². The Morgan fingerprint density at radius 3 is 1.52 bits per heavy atom. The highest BCUT2D eigenvalue weighted by Gasteiger charge is 2.31. The first-order valence-corrected chi connectivity index (χ1v) is 8.61. The molecule has 117 valence electrons. The van der Waals surface area contributed by atoms with E-state index in [1.165, 1.54) is 37.7 Å². The highest BCUT2D eigenvalue weighted by molar-refractivity contribution is 5.52. The Morgan fingerprint density at radius 1 is 0.714 bits per heavy atom. The Kier molecular flexibility index (Phi) is 4.57. The monoisotopic (exact) mass is 285 g/mol. The molecule has 1 aliphatic carbocycles. The number of aryl methyl sites for hydroxylation is 1. The summed E-state index contributed by atoms with van der Waals surface area (Å²) in [4.78, 5) is 0. The van der Waals surface area contributed by atoms with Gasteiger partial charge in [0.15, 0.2) is 0 Å². The summed E-state index contributed by atoms with van der Waals surface area (Å²) in [6, 6.07) is 4.87. The lowest BCUT2D eigenvalue weighted by Gasteiger charge is -2.35. The molecule has 1 aromatic carbocycles. The number of hydrogen-bond donors (Lipinski definition) is 0. The fraction of sp³-hybridized carbons (Fsp3) is 0.667. The van der Waals surface area contributed by atoms with Crippen molar-refractivity contribution in [3.8, 4) is 0 Å². The van der Waals surface area contributed by atoms with Crippen LogP contribution >= 0.6 is 0 Å². The molecule has 1 aromatic rings. The van der Waals surface area contributed by atoms with E-state index in [1.807, 2.05) is 0 Å². The van der Waals surface area contributed by atoms with Crippen LogP contribution in [0.15, 0.2) is 12.1 Å². The third-order valence-electron chi connectivity index (χ3n) is 4.71. The van der Waals surface area contributed by atoms with Crippen molar-refractivity contribution in [2.75, 3.05) is 0 Å². The highest BCUT2D eigenvalue weighted by atomic mass is 14.3. The fourth-order valence-electron chi connectivity index (χ4n) is 3.58. The summed E-state index contributed by atoms with van der Waals surface area (Å²) in [7, 11) is 0. The average Bonchev–Trinajstić information content (AvgIpc) is 2.36. The molecule has 0 atom stereocenters. The van der Waals surface area contributed by atoms with Gasteiger partial charge in [-0.1, -0.05) is 78.5 Å². The summed E-state index contributed by atoms with van der Waals surface area (Å²) >= 11 is 0. The van der Waals surface area contributed by atoms with Crippen LogP contribution in [0.2, 0.25) is 0 Å². The van der Waals surface area contributed by atoms with Crippen molar-refractivity contribution < 1.29 is 0 Å². The Labute approximate surface area is 132 Å². The SMILES string of the molecule is Cc1cc(C(C)(C)C)c([C]2CCCCC2)c(C(C)(C)C)c1. The number of hydrogen-bond acceptors (Lipinski definition) is 0. The highest BCUT2D eigenvalue weighted by Crippen LogP contribution is 2.43. The van der Waals surface area contributed by atoms with E-state index in [4.69, 9.17) is 0 Å². The zero-order chi connectivity index (χ0) is 15.8. The molecule has 0 aromatic heterocycles. The first-order valence-electron chi connectivity index (χ1n) is 8.61. The van der Waals surface area contributed by atoms with Gasteiger partial charge in [0.25, 0.3) is 0 Å². The maximum atomic E-state index is 2.44. The summed E-state index contributed by atoms with van der Waals surface area (Å²) in [6.45, 7) is 16.4. The van der Waals surface area contributed by atoms with E-state index < -0.39 is 0 Å². The van der Waals surface area contributed by atoms with Crippen LogP contribution in [-0.4, -0.2) is 0 Å². The fourth-order valence-corrected chi connectivity index (χ4v) is 3.58. The van der Waals surface area contributed by atoms with E-state index in [1.54, 1.807) is 22.6 Å². The topological polar surface area (TPSA) is 0 Å². The van der Waals surface area contributed by atoms with Crippen LogP contribution in [0, 0.1) is 12.8 Å². The smallest absolute Gasteiger partial charge is 0.00559 e. The summed E-state index contributed by atoms with van der Waals surface area (Å²) < 4.78 is 0. The molecule has 0 heterocycles. The van der Waals surface area contributed by atoms with Gasteiger partial charge >= 0.3 is 0 Å². The minimum Gasteiger partial charge on any atom is -0.0561 e. The van der Waals surface area contributed by atoms with Crippen molar-refractivity contribution in [3.05, 3.63) is 40.3 Å². The Balaban J connectivity index is 2.66. The standard InChI is InChI=1S/C21H33/c1-15-13-17(20(2,3)4)19(16-11-9-8-10-12-16)18(14-15)21(5,6)7/h13-14H,8-12H2,1-7H3. The number of benzene rings is 1. The molecular formula is C21H33. The van der Waals surface area contributed by atoms with Gasteiger partial charge in [0.2, 0.25) is 0 Å². The van der Waals surface area contributed by atoms with E-state index >= 15 is 0 Å². The lowest BCUT2D eigenvalue weighted by Crippen LogP contribution is -2.24. The van der Waals surface area contributed by atoms with E-state index in [0.717, 1.165) is 0 Å². The van der Waals surface area contributed by atoms with Crippen molar-refractivity contribution in [2.24, 2.45) is 0 Å². The summed E-state index contributed by atoms with van der Waals surface area (Å²) in [6.07, 6.45) is 6.75. The van der Waals surface area contributed by atoms with Crippen LogP contribution in [-0.2, 0) is 10.8 Å². The number of rotatable bonds is 1. The molecule has 0 unspecified atom stereocenters. The van der Waals surface area contributed by atoms with E-state index in [2.05, 4.69) is 60.6 Å². The third kappa shape index (κ3) is 3.71. The quantitative estimate of drug-likeness (QED) is 0.554. The van der Waals surface area contributed by atoms with Crippen LogP contribution in [0.5, 0.6) is 0 Å². The van der Waals surface area contributed by atoms with Crippen LogP contribution in [0.3, 0.4) is 0 Å². The maximum Gasteiger partial charge on any atom is 0.00559 e. The van der Waals surface area contributed by atoms with Crippen molar-refractivity contribution in [1.82, 2.24) is 0 Å². The molecule has 0 aliphatic heterocycles. The van der Waals surface area contributed by atoms with Gasteiger partial charge in [-0.15, -0.1) is 0 Å². The second-order valence-electron chi connectivity index (χ2n) is 8.90. The summed E-state index contributed by atoms with van der Waals surface area (Å²) in [5.41, 5.74) is 6.57. The molecule has 0 saturated heterocycles. The first kappa shape index (κ1) is 16.6. The second-order valence-corrected chi connectivity index (χ2v) is 8.90. The van der Waals surface area contributed by atoms with Crippen LogP contribution in [0.25, 0.3) is 0 Å². The average molecular weight is 285 g/mol. The van der Waals surface area contributed by atoms with Gasteiger partial charge in [0.05, 0.1) is 0 Å². The van der Waals surface area contributed by atoms with Crippen LogP contribution in [0.1, 0.15) is 95.9 Å². The lowest BCUT2D eigenvalue weighted by molar-refractivity contribution is 0.516. The molecule has 0 spiro atoms. The Bertz CT molecular complexity index is 453. The minimum atomic E-state index is 0.214. The predicted octanol–water partition coefficient (Wildman–Crippen LogP) is 6.48. The first-order chi connectivity index (χ1) is 9.60. The molecule has 0 heteroatoms. The van der Waals surface area contributed by atoms with E-state index in [0.29, 0.717) is 0 Å². The third-order valence-corrected chi connectivity index (χ3v) is 4.71. The second kappa shape index (κ2) is 5.78. The van der Waals surface area contributed by atoms with E-state index in [-0.39, 0.29) is 10.8 Å². The molecule has 0 bridgehead atoms. The predicted molar refractivity (Wildman–Crippen MR) is 94.0 cm³/mol. The minimum absolute atomic E-state index is 0.214. The molecule has 0 nitrogen and oxygen atoms in total. The lowest BCUT2D eigenvalue weighted by atomic mass is 9.69. The maximum absolute atomic E-state index is 2.44. The largest absolute Gasteiger partial charge is 0.0561 e. The van der Waals surface area contributed by atoms with Gasteiger partial charge in [-0.2, -0.15) is 0 Å². The summed E-state index contributed by atoms with van der Waals surface area (Å²) in [5.74, 6) is 1.72. The molecule has 1 saturated carbocycles. The summed E-state index contributed by atoms with van der Waals surface area (Å²) in [5, 5.41) is 0. The molecule has 0 amide bonds. The van der Waals surface area contributed by atoms with Crippen LogP contribution < -0.4 is 0 Å². The van der Waals surface area contributed by atoms with Crippen molar-refractivity contribution in [3.63, 3.8) is 0 Å². The molecule has 1 fully saturated rings. The molecule has 2 rings (SSSR count). The van der Waals surface area contributed by atoms with Gasteiger partial charge in [-0.25, -0.2) is 0 Å². The van der Waals surface area contributed by atoms with Crippen molar-refractivity contribution in [2.45, 2.75) is 91.4 Å². The molecular weight excluding hydrogens is 252 g/mol. The van der Waals surface area contributed by atoms with Gasteiger partial charge < -0.3 is 0 Å². The van der Waals surface area contributed by atoms with Gasteiger partial charge in [-0.05, 0) is 47.3 Å². The van der Waals surface area contributed by atoms with Gasteiger partial charge in [0.1, 0.15) is 0 Å². The van der Waals surface area contributed by atoms with E-state index in [9.17, 15) is 0 Å². The van der Waals surface area contributed by atoms with Crippen LogP contribution in [0.4, 0.5) is 0 Å². The molecule has 0 N–H and O–H groups in total. The zero-order valence-corrected chi connectivity index (χ0v) is 15.2. The van der Waals surface area contributed by atoms with Crippen molar-refractivity contribution >= 4 is 0 Å².